The Hall–Kier alpha value is -1.94. The van der Waals surface area contributed by atoms with Crippen molar-refractivity contribution in [3.63, 3.8) is 0 Å². The van der Waals surface area contributed by atoms with E-state index < -0.39 is 6.09 Å². The molecule has 0 amide bonds. The molecule has 23 heavy (non-hydrogen) atoms. The standard InChI is InChI=1S/C18H20ClNO3/c1-2-23-18(22)20-16-11-13(19)8-9-14(16)15(17(20)21)10-12-6-4-3-5-7-12/h8-11,21H,2-7H2,1H3. The Morgan fingerprint density at radius 3 is 2.78 bits per heavy atom. The zero-order chi connectivity index (χ0) is 16.4. The third-order valence-corrected chi connectivity index (χ3v) is 4.47. The maximum atomic E-state index is 12.2. The minimum absolute atomic E-state index is 0.0845. The monoisotopic (exact) mass is 333 g/mol. The van der Waals surface area contributed by atoms with Crippen LogP contribution in [0.4, 0.5) is 4.79 Å². The topological polar surface area (TPSA) is 51.5 Å². The third-order valence-electron chi connectivity index (χ3n) is 4.24. The predicted molar refractivity (Wildman–Crippen MR) is 92.1 cm³/mol. The largest absolute Gasteiger partial charge is 0.494 e. The Kier molecular flexibility index (Phi) is 4.62. The van der Waals surface area contributed by atoms with Crippen LogP contribution in [0.2, 0.25) is 5.02 Å². The molecular formula is C18H20ClNO3. The molecule has 0 atom stereocenters. The van der Waals surface area contributed by atoms with Gasteiger partial charge < -0.3 is 9.84 Å². The van der Waals surface area contributed by atoms with E-state index in [0.717, 1.165) is 18.2 Å². The summed E-state index contributed by atoms with van der Waals surface area (Å²) in [6.45, 7) is 1.98. The lowest BCUT2D eigenvalue weighted by molar-refractivity contribution is 0.152. The van der Waals surface area contributed by atoms with Crippen molar-refractivity contribution in [2.24, 2.45) is 0 Å². The quantitative estimate of drug-likeness (QED) is 0.805. The fraction of sp³-hybridized carbons (Fsp3) is 0.389. The van der Waals surface area contributed by atoms with Crippen LogP contribution < -0.4 is 0 Å². The number of nitrogens with zero attached hydrogens (tertiary/aromatic N) is 1. The number of benzene rings is 1. The zero-order valence-electron chi connectivity index (χ0n) is 13.1. The van der Waals surface area contributed by atoms with Gasteiger partial charge in [0.05, 0.1) is 12.1 Å². The number of rotatable bonds is 2. The summed E-state index contributed by atoms with van der Waals surface area (Å²) in [5.74, 6) is -0.0845. The van der Waals surface area contributed by atoms with Crippen LogP contribution in [0.1, 0.15) is 44.6 Å². The van der Waals surface area contributed by atoms with Gasteiger partial charge in [-0.05, 0) is 50.8 Å². The van der Waals surface area contributed by atoms with Crippen molar-refractivity contribution in [2.45, 2.75) is 39.0 Å². The van der Waals surface area contributed by atoms with E-state index >= 15 is 0 Å². The summed E-state index contributed by atoms with van der Waals surface area (Å²) < 4.78 is 6.25. The lowest BCUT2D eigenvalue weighted by Crippen LogP contribution is -2.12. The summed E-state index contributed by atoms with van der Waals surface area (Å²) in [6.07, 6.45) is 7.11. The van der Waals surface area contributed by atoms with Crippen molar-refractivity contribution < 1.29 is 14.6 Å². The van der Waals surface area contributed by atoms with Gasteiger partial charge in [-0.1, -0.05) is 29.7 Å². The Labute approximate surface area is 140 Å². The molecule has 1 aliphatic rings. The second-order valence-corrected chi connectivity index (χ2v) is 6.23. The SMILES string of the molecule is CCOC(=O)n1c(O)c(C=C2CCCCC2)c2ccc(Cl)cc21. The van der Waals surface area contributed by atoms with Gasteiger partial charge >= 0.3 is 6.09 Å². The second-order valence-electron chi connectivity index (χ2n) is 5.80. The lowest BCUT2D eigenvalue weighted by atomic mass is 9.93. The van der Waals surface area contributed by atoms with Crippen molar-refractivity contribution in [3.05, 3.63) is 34.4 Å². The summed E-state index contributed by atoms with van der Waals surface area (Å²) in [4.78, 5) is 12.2. The van der Waals surface area contributed by atoms with E-state index in [9.17, 15) is 9.90 Å². The summed E-state index contributed by atoms with van der Waals surface area (Å²) in [5, 5.41) is 11.9. The Balaban J connectivity index is 2.17. The van der Waals surface area contributed by atoms with Crippen LogP contribution in [-0.4, -0.2) is 22.4 Å². The summed E-state index contributed by atoms with van der Waals surface area (Å²) in [6, 6.07) is 5.28. The van der Waals surface area contributed by atoms with E-state index in [2.05, 4.69) is 0 Å². The van der Waals surface area contributed by atoms with E-state index in [4.69, 9.17) is 16.3 Å². The first kappa shape index (κ1) is 15.9. The predicted octanol–water partition coefficient (Wildman–Crippen LogP) is 5.35. The molecule has 2 aromatic rings. The molecule has 5 heteroatoms. The first-order chi connectivity index (χ1) is 11.1. The van der Waals surface area contributed by atoms with Crippen molar-refractivity contribution in [2.75, 3.05) is 6.61 Å². The number of aromatic hydroxyl groups is 1. The Bertz CT molecular complexity index is 768. The molecule has 1 N–H and O–H groups in total. The van der Waals surface area contributed by atoms with E-state index in [1.165, 1.54) is 29.4 Å². The fourth-order valence-electron chi connectivity index (χ4n) is 3.14. The number of aromatic nitrogens is 1. The average Bonchev–Trinajstić information content (AvgIpc) is 2.80. The van der Waals surface area contributed by atoms with Gasteiger partial charge in [-0.3, -0.25) is 0 Å². The van der Waals surface area contributed by atoms with Gasteiger partial charge in [-0.15, -0.1) is 0 Å². The number of halogens is 1. The summed E-state index contributed by atoms with van der Waals surface area (Å²) >= 11 is 6.06. The number of hydrogen-bond acceptors (Lipinski definition) is 3. The van der Waals surface area contributed by atoms with Crippen molar-refractivity contribution in [3.8, 4) is 5.88 Å². The van der Waals surface area contributed by atoms with Crippen LogP contribution in [0.25, 0.3) is 17.0 Å². The normalized spacial score (nSPS) is 15.0. The first-order valence-electron chi connectivity index (χ1n) is 8.01. The molecule has 1 aromatic carbocycles. The molecule has 1 fully saturated rings. The van der Waals surface area contributed by atoms with Crippen LogP contribution in [0.5, 0.6) is 5.88 Å². The number of allylic oxidation sites excluding steroid dienone is 1. The van der Waals surface area contributed by atoms with Crippen molar-refractivity contribution >= 4 is 34.7 Å². The van der Waals surface area contributed by atoms with Crippen LogP contribution in [0.15, 0.2) is 23.8 Å². The van der Waals surface area contributed by atoms with Crippen LogP contribution in [0.3, 0.4) is 0 Å². The highest BCUT2D eigenvalue weighted by molar-refractivity contribution is 6.31. The molecule has 0 aliphatic heterocycles. The minimum Gasteiger partial charge on any atom is -0.494 e. The fourth-order valence-corrected chi connectivity index (χ4v) is 3.31. The van der Waals surface area contributed by atoms with Gasteiger partial charge in [0.15, 0.2) is 0 Å². The Morgan fingerprint density at radius 2 is 2.09 bits per heavy atom. The molecule has 1 aliphatic carbocycles. The lowest BCUT2D eigenvalue weighted by Gasteiger charge is -2.13. The van der Waals surface area contributed by atoms with E-state index in [1.54, 1.807) is 19.1 Å². The van der Waals surface area contributed by atoms with Gasteiger partial charge in [-0.2, -0.15) is 0 Å². The highest BCUT2D eigenvalue weighted by Crippen LogP contribution is 2.36. The number of hydrogen-bond donors (Lipinski definition) is 1. The van der Waals surface area contributed by atoms with Gasteiger partial charge in [0.1, 0.15) is 0 Å². The minimum atomic E-state index is -0.592. The van der Waals surface area contributed by atoms with Gasteiger partial charge in [0.25, 0.3) is 0 Å². The first-order valence-corrected chi connectivity index (χ1v) is 8.39. The Morgan fingerprint density at radius 1 is 1.35 bits per heavy atom. The molecule has 0 saturated heterocycles. The highest BCUT2D eigenvalue weighted by atomic mass is 35.5. The molecule has 0 unspecified atom stereocenters. The summed E-state index contributed by atoms with van der Waals surface area (Å²) in [5.41, 5.74) is 2.54. The van der Waals surface area contributed by atoms with Crippen LogP contribution in [0, 0.1) is 0 Å². The van der Waals surface area contributed by atoms with Crippen molar-refractivity contribution in [1.29, 1.82) is 0 Å². The number of carbonyl (C=O) groups excluding carboxylic acids is 1. The molecule has 3 rings (SSSR count). The molecule has 1 heterocycles. The molecular weight excluding hydrogens is 314 g/mol. The van der Waals surface area contributed by atoms with Crippen molar-refractivity contribution in [1.82, 2.24) is 4.57 Å². The number of carbonyl (C=O) groups is 1. The molecule has 0 spiro atoms. The molecule has 0 bridgehead atoms. The maximum absolute atomic E-state index is 12.2. The molecule has 122 valence electrons. The molecule has 0 radical (unpaired) electrons. The highest BCUT2D eigenvalue weighted by Gasteiger charge is 2.21. The van der Waals surface area contributed by atoms with Gasteiger partial charge in [0, 0.05) is 16.0 Å². The van der Waals surface area contributed by atoms with E-state index in [-0.39, 0.29) is 12.5 Å². The van der Waals surface area contributed by atoms with Gasteiger partial charge in [-0.25, -0.2) is 9.36 Å². The van der Waals surface area contributed by atoms with Gasteiger partial charge in [0.2, 0.25) is 5.88 Å². The molecule has 4 nitrogen and oxygen atoms in total. The van der Waals surface area contributed by atoms with Crippen LogP contribution >= 0.6 is 11.6 Å². The van der Waals surface area contributed by atoms with Crippen LogP contribution in [-0.2, 0) is 4.74 Å². The number of ether oxygens (including phenoxy) is 1. The van der Waals surface area contributed by atoms with E-state index in [1.807, 2.05) is 12.1 Å². The number of fused-ring (bicyclic) bond motifs is 1. The summed E-state index contributed by atoms with van der Waals surface area (Å²) in [7, 11) is 0. The average molecular weight is 334 g/mol. The molecule has 1 aromatic heterocycles. The molecule has 1 saturated carbocycles. The third kappa shape index (κ3) is 3.08. The second kappa shape index (κ2) is 6.67. The van der Waals surface area contributed by atoms with E-state index in [0.29, 0.717) is 16.1 Å². The maximum Gasteiger partial charge on any atom is 0.421 e. The zero-order valence-corrected chi connectivity index (χ0v) is 13.9. The smallest absolute Gasteiger partial charge is 0.421 e.